The first kappa shape index (κ1) is 12.3. The molecule has 1 aliphatic heterocycles. The minimum Gasteiger partial charge on any atom is -0.391 e. The van der Waals surface area contributed by atoms with Crippen molar-refractivity contribution in [2.75, 3.05) is 24.6 Å². The molecule has 92 valence electrons. The normalized spacial score (nSPS) is 20.3. The molecule has 0 saturated carbocycles. The first-order valence-corrected chi connectivity index (χ1v) is 5.77. The number of H-pyrrole nitrogens is 1. The van der Waals surface area contributed by atoms with Gasteiger partial charge in [0.2, 0.25) is 0 Å². The fraction of sp³-hybridized carbons (Fsp3) is 0.444. The third-order valence-electron chi connectivity index (χ3n) is 2.46. The molecule has 0 aliphatic carbocycles. The van der Waals surface area contributed by atoms with Crippen LogP contribution in [-0.4, -0.2) is 40.8 Å². The number of hydrogen-bond acceptors (Lipinski definition) is 5. The van der Waals surface area contributed by atoms with Crippen molar-refractivity contribution in [2.45, 2.75) is 6.10 Å². The van der Waals surface area contributed by atoms with Gasteiger partial charge in [0.05, 0.1) is 19.5 Å². The van der Waals surface area contributed by atoms with Gasteiger partial charge in [-0.05, 0) is 0 Å². The molecule has 1 unspecified atom stereocenters. The zero-order valence-corrected chi connectivity index (χ0v) is 10.4. The number of nitrogens with zero attached hydrogens (tertiary/aromatic N) is 2. The largest absolute Gasteiger partial charge is 0.391 e. The molecule has 0 radical (unpaired) electrons. The van der Waals surface area contributed by atoms with E-state index in [1.54, 1.807) is 0 Å². The van der Waals surface area contributed by atoms with E-state index < -0.39 is 0 Å². The summed E-state index contributed by atoms with van der Waals surface area (Å²) in [7, 11) is 0. The smallest absolute Gasteiger partial charge is 0.271 e. The summed E-state index contributed by atoms with van der Waals surface area (Å²) in [5.74, 6) is 0.431. The Labute approximate surface area is 108 Å². The lowest BCUT2D eigenvalue weighted by Crippen LogP contribution is -2.48. The van der Waals surface area contributed by atoms with Gasteiger partial charge in [0.1, 0.15) is 16.1 Å². The molecule has 8 heteroatoms. The number of nitrogens with one attached hydrogen (secondary N) is 1. The topological polar surface area (TPSA) is 84.2 Å². The minimum absolute atomic E-state index is 0.0658. The summed E-state index contributed by atoms with van der Waals surface area (Å²) < 4.78 is 5.40. The van der Waals surface area contributed by atoms with Gasteiger partial charge in [-0.3, -0.25) is 4.79 Å². The zero-order chi connectivity index (χ0) is 12.4. The first-order chi connectivity index (χ1) is 8.09. The summed E-state index contributed by atoms with van der Waals surface area (Å²) in [5, 5.41) is 0.0658. The van der Waals surface area contributed by atoms with Crippen molar-refractivity contribution in [1.29, 1.82) is 0 Å². The Hall–Kier alpha value is -1.18. The fourth-order valence-electron chi connectivity index (χ4n) is 1.61. The van der Waals surface area contributed by atoms with Gasteiger partial charge >= 0.3 is 0 Å². The number of hydrogen-bond donors (Lipinski definition) is 2. The SMILES string of the molecule is NC(=S)C1CN(c2nc[nH]c(=O)c2Cl)CCO1. The number of ether oxygens (including phenoxy) is 1. The predicted molar refractivity (Wildman–Crippen MR) is 68.6 cm³/mol. The van der Waals surface area contributed by atoms with E-state index >= 15 is 0 Å². The lowest BCUT2D eigenvalue weighted by molar-refractivity contribution is 0.0844. The highest BCUT2D eigenvalue weighted by Crippen LogP contribution is 2.20. The standard InChI is InChI=1S/C9H11ClN4O2S/c10-6-8(12-4-13-9(6)15)14-1-2-16-5(3-14)7(11)17/h4-5H,1-3H2,(H2,11,17)(H,12,13,15). The monoisotopic (exact) mass is 274 g/mol. The van der Waals surface area contributed by atoms with Gasteiger partial charge in [0, 0.05) is 6.54 Å². The van der Waals surface area contributed by atoms with E-state index in [4.69, 9.17) is 34.3 Å². The van der Waals surface area contributed by atoms with E-state index in [1.165, 1.54) is 6.33 Å². The number of aromatic nitrogens is 2. The number of morpholine rings is 1. The molecule has 1 saturated heterocycles. The molecule has 1 aromatic heterocycles. The van der Waals surface area contributed by atoms with Gasteiger partial charge in [-0.2, -0.15) is 0 Å². The zero-order valence-electron chi connectivity index (χ0n) is 8.85. The van der Waals surface area contributed by atoms with Crippen LogP contribution in [0, 0.1) is 0 Å². The average Bonchev–Trinajstić information content (AvgIpc) is 2.33. The molecule has 6 nitrogen and oxygen atoms in total. The van der Waals surface area contributed by atoms with Crippen LogP contribution in [0.4, 0.5) is 5.82 Å². The van der Waals surface area contributed by atoms with Crippen molar-refractivity contribution in [3.8, 4) is 0 Å². The Bertz CT molecular complexity index is 492. The number of halogens is 1. The second-order valence-corrected chi connectivity index (χ2v) is 4.43. The van der Waals surface area contributed by atoms with Gasteiger partial charge in [-0.25, -0.2) is 4.98 Å². The summed E-state index contributed by atoms with van der Waals surface area (Å²) >= 11 is 10.8. The number of rotatable bonds is 2. The number of anilines is 1. The van der Waals surface area contributed by atoms with Crippen molar-refractivity contribution in [2.24, 2.45) is 5.73 Å². The molecule has 1 aromatic rings. The third-order valence-corrected chi connectivity index (χ3v) is 3.07. The maximum atomic E-state index is 11.4. The Kier molecular flexibility index (Phi) is 3.60. The summed E-state index contributed by atoms with van der Waals surface area (Å²) in [6, 6.07) is 0. The van der Waals surface area contributed by atoms with Gasteiger partial charge in [-0.1, -0.05) is 23.8 Å². The molecule has 2 heterocycles. The van der Waals surface area contributed by atoms with E-state index in [0.717, 1.165) is 0 Å². The summed E-state index contributed by atoms with van der Waals surface area (Å²) in [6.07, 6.45) is 0.977. The van der Waals surface area contributed by atoms with E-state index in [9.17, 15) is 4.79 Å². The number of nitrogens with two attached hydrogens (primary N) is 1. The summed E-state index contributed by atoms with van der Waals surface area (Å²) in [6.45, 7) is 1.51. The Morgan fingerprint density at radius 2 is 2.53 bits per heavy atom. The molecule has 2 rings (SSSR count). The molecule has 1 aliphatic rings. The quantitative estimate of drug-likeness (QED) is 0.734. The molecule has 17 heavy (non-hydrogen) atoms. The van der Waals surface area contributed by atoms with Gasteiger partial charge in [-0.15, -0.1) is 0 Å². The Morgan fingerprint density at radius 1 is 1.76 bits per heavy atom. The molecule has 1 atom stereocenters. The van der Waals surface area contributed by atoms with E-state index in [-0.39, 0.29) is 21.7 Å². The van der Waals surface area contributed by atoms with Crippen LogP contribution >= 0.6 is 23.8 Å². The molecule has 0 aromatic carbocycles. The highest BCUT2D eigenvalue weighted by molar-refractivity contribution is 7.80. The van der Waals surface area contributed by atoms with Crippen LogP contribution in [0.3, 0.4) is 0 Å². The maximum absolute atomic E-state index is 11.4. The predicted octanol–water partition coefficient (Wildman–Crippen LogP) is -0.0854. The molecule has 0 amide bonds. The molecule has 3 N–H and O–H groups in total. The van der Waals surface area contributed by atoms with Crippen molar-refractivity contribution < 1.29 is 4.74 Å². The van der Waals surface area contributed by atoms with Crippen LogP contribution in [0.5, 0.6) is 0 Å². The maximum Gasteiger partial charge on any atom is 0.271 e. The van der Waals surface area contributed by atoms with Crippen LogP contribution in [0.2, 0.25) is 5.02 Å². The highest BCUT2D eigenvalue weighted by atomic mass is 35.5. The van der Waals surface area contributed by atoms with Gasteiger partial charge in [0.25, 0.3) is 5.56 Å². The summed E-state index contributed by atoms with van der Waals surface area (Å²) in [5.41, 5.74) is 5.17. The Balaban J connectivity index is 2.25. The number of aromatic amines is 1. The first-order valence-electron chi connectivity index (χ1n) is 4.98. The van der Waals surface area contributed by atoms with Crippen molar-refractivity contribution >= 4 is 34.6 Å². The lowest BCUT2D eigenvalue weighted by Gasteiger charge is -2.33. The lowest BCUT2D eigenvalue weighted by atomic mass is 10.2. The highest BCUT2D eigenvalue weighted by Gasteiger charge is 2.25. The van der Waals surface area contributed by atoms with E-state index in [2.05, 4.69) is 9.97 Å². The number of thiocarbonyl (C=S) groups is 1. The minimum atomic E-state index is -0.366. The summed E-state index contributed by atoms with van der Waals surface area (Å²) in [4.78, 5) is 19.9. The van der Waals surface area contributed by atoms with Crippen molar-refractivity contribution in [3.63, 3.8) is 0 Å². The molecule has 1 fully saturated rings. The Morgan fingerprint density at radius 3 is 3.24 bits per heavy atom. The second-order valence-electron chi connectivity index (χ2n) is 3.58. The van der Waals surface area contributed by atoms with Crippen LogP contribution in [-0.2, 0) is 4.74 Å². The van der Waals surface area contributed by atoms with E-state index in [0.29, 0.717) is 25.5 Å². The fourth-order valence-corrected chi connectivity index (χ4v) is 1.97. The van der Waals surface area contributed by atoms with Crippen LogP contribution in [0.15, 0.2) is 11.1 Å². The molecule has 0 spiro atoms. The second kappa shape index (κ2) is 4.99. The molecular formula is C9H11ClN4O2S. The third kappa shape index (κ3) is 2.56. The van der Waals surface area contributed by atoms with Crippen LogP contribution < -0.4 is 16.2 Å². The molecule has 0 bridgehead atoms. The average molecular weight is 275 g/mol. The molecular weight excluding hydrogens is 264 g/mol. The van der Waals surface area contributed by atoms with Crippen molar-refractivity contribution in [3.05, 3.63) is 21.7 Å². The van der Waals surface area contributed by atoms with Gasteiger partial charge < -0.3 is 20.4 Å². The van der Waals surface area contributed by atoms with Gasteiger partial charge in [0.15, 0.2) is 5.82 Å². The van der Waals surface area contributed by atoms with Crippen molar-refractivity contribution in [1.82, 2.24) is 9.97 Å². The van der Waals surface area contributed by atoms with E-state index in [1.807, 2.05) is 4.90 Å². The van der Waals surface area contributed by atoms with Crippen LogP contribution in [0.1, 0.15) is 0 Å². The van der Waals surface area contributed by atoms with Crippen LogP contribution in [0.25, 0.3) is 0 Å².